The molecule has 1 aromatic rings. The number of rotatable bonds is 4. The van der Waals surface area contributed by atoms with Gasteiger partial charge in [0.05, 0.1) is 6.61 Å². The fourth-order valence-electron chi connectivity index (χ4n) is 2.80. The quantitative estimate of drug-likeness (QED) is 0.880. The second-order valence-electron chi connectivity index (χ2n) is 5.86. The van der Waals surface area contributed by atoms with Crippen molar-refractivity contribution in [2.75, 3.05) is 13.2 Å². The first kappa shape index (κ1) is 12.2. The molecule has 1 aliphatic heterocycles. The van der Waals surface area contributed by atoms with Crippen molar-refractivity contribution in [1.29, 1.82) is 0 Å². The van der Waals surface area contributed by atoms with Gasteiger partial charge < -0.3 is 10.1 Å². The third-order valence-electron chi connectivity index (χ3n) is 4.12. The molecule has 2 atom stereocenters. The molecule has 1 heterocycles. The van der Waals surface area contributed by atoms with E-state index < -0.39 is 0 Å². The predicted octanol–water partition coefficient (Wildman–Crippen LogP) is 2.69. The highest BCUT2D eigenvalue weighted by Gasteiger charge is 2.31. The van der Waals surface area contributed by atoms with Gasteiger partial charge in [0.2, 0.25) is 0 Å². The molecule has 1 saturated carbocycles. The molecule has 0 unspecified atom stereocenters. The van der Waals surface area contributed by atoms with Gasteiger partial charge in [0.25, 0.3) is 0 Å². The SMILES string of the molecule is Cc1ccc(C[C@@H]2COCC[C@H]2NC2CC2)cc1. The third-order valence-corrected chi connectivity index (χ3v) is 4.12. The molecule has 1 aromatic carbocycles. The summed E-state index contributed by atoms with van der Waals surface area (Å²) in [7, 11) is 0. The van der Waals surface area contributed by atoms with Gasteiger partial charge in [0.1, 0.15) is 0 Å². The number of aryl methyl sites for hydroxylation is 1. The monoisotopic (exact) mass is 245 g/mol. The van der Waals surface area contributed by atoms with Crippen molar-refractivity contribution in [2.45, 2.75) is 44.7 Å². The first-order chi connectivity index (χ1) is 8.81. The van der Waals surface area contributed by atoms with Crippen molar-refractivity contribution in [3.8, 4) is 0 Å². The molecule has 1 saturated heterocycles. The molecule has 2 nitrogen and oxygen atoms in total. The summed E-state index contributed by atoms with van der Waals surface area (Å²) < 4.78 is 5.67. The molecule has 1 aliphatic carbocycles. The molecule has 0 amide bonds. The first-order valence-corrected chi connectivity index (χ1v) is 7.20. The highest BCUT2D eigenvalue weighted by molar-refractivity contribution is 5.22. The normalized spacial score (nSPS) is 28.3. The zero-order valence-electron chi connectivity index (χ0n) is 11.2. The summed E-state index contributed by atoms with van der Waals surface area (Å²) in [6.45, 7) is 3.98. The van der Waals surface area contributed by atoms with Gasteiger partial charge in [-0.2, -0.15) is 0 Å². The molecule has 0 radical (unpaired) electrons. The second kappa shape index (κ2) is 5.41. The van der Waals surface area contributed by atoms with Gasteiger partial charge in [-0.15, -0.1) is 0 Å². The van der Waals surface area contributed by atoms with Crippen LogP contribution in [-0.2, 0) is 11.2 Å². The Morgan fingerprint density at radius 3 is 2.67 bits per heavy atom. The van der Waals surface area contributed by atoms with E-state index in [1.807, 2.05) is 0 Å². The van der Waals surface area contributed by atoms with E-state index in [1.165, 1.54) is 30.4 Å². The summed E-state index contributed by atoms with van der Waals surface area (Å²) in [6, 6.07) is 10.4. The lowest BCUT2D eigenvalue weighted by molar-refractivity contribution is 0.0316. The molecule has 0 aromatic heterocycles. The van der Waals surface area contributed by atoms with Crippen molar-refractivity contribution >= 4 is 0 Å². The number of hydrogen-bond donors (Lipinski definition) is 1. The van der Waals surface area contributed by atoms with Crippen LogP contribution < -0.4 is 5.32 Å². The highest BCUT2D eigenvalue weighted by atomic mass is 16.5. The molecule has 3 rings (SSSR count). The third kappa shape index (κ3) is 3.12. The lowest BCUT2D eigenvalue weighted by Crippen LogP contribution is -2.44. The maximum atomic E-state index is 5.67. The number of ether oxygens (including phenoxy) is 1. The van der Waals surface area contributed by atoms with Crippen molar-refractivity contribution in [1.82, 2.24) is 5.32 Å². The predicted molar refractivity (Wildman–Crippen MR) is 73.8 cm³/mol. The lowest BCUT2D eigenvalue weighted by Gasteiger charge is -2.32. The Kier molecular flexibility index (Phi) is 3.67. The summed E-state index contributed by atoms with van der Waals surface area (Å²) in [6.07, 6.45) is 5.06. The first-order valence-electron chi connectivity index (χ1n) is 7.20. The molecule has 0 bridgehead atoms. The largest absolute Gasteiger partial charge is 0.381 e. The van der Waals surface area contributed by atoms with E-state index in [1.54, 1.807) is 0 Å². The summed E-state index contributed by atoms with van der Waals surface area (Å²) >= 11 is 0. The Hall–Kier alpha value is -0.860. The molecule has 98 valence electrons. The Morgan fingerprint density at radius 2 is 1.94 bits per heavy atom. The van der Waals surface area contributed by atoms with E-state index in [2.05, 4.69) is 36.5 Å². The maximum absolute atomic E-state index is 5.67. The van der Waals surface area contributed by atoms with E-state index in [9.17, 15) is 0 Å². The Labute approximate surface area is 110 Å². The van der Waals surface area contributed by atoms with Crippen molar-refractivity contribution in [2.24, 2.45) is 5.92 Å². The number of hydrogen-bond acceptors (Lipinski definition) is 2. The molecule has 2 fully saturated rings. The van der Waals surface area contributed by atoms with Gasteiger partial charge in [-0.1, -0.05) is 29.8 Å². The van der Waals surface area contributed by atoms with Crippen LogP contribution in [-0.4, -0.2) is 25.3 Å². The van der Waals surface area contributed by atoms with Gasteiger partial charge in [-0.3, -0.25) is 0 Å². The number of benzene rings is 1. The minimum Gasteiger partial charge on any atom is -0.381 e. The molecule has 0 spiro atoms. The Bertz CT molecular complexity index is 383. The average Bonchev–Trinajstić information content (AvgIpc) is 3.18. The highest BCUT2D eigenvalue weighted by Crippen LogP contribution is 2.26. The van der Waals surface area contributed by atoms with Crippen LogP contribution in [0.25, 0.3) is 0 Å². The fourth-order valence-corrected chi connectivity index (χ4v) is 2.80. The van der Waals surface area contributed by atoms with Crippen molar-refractivity contribution in [3.63, 3.8) is 0 Å². The molecule has 2 heteroatoms. The van der Waals surface area contributed by atoms with E-state index >= 15 is 0 Å². The van der Waals surface area contributed by atoms with Crippen molar-refractivity contribution < 1.29 is 4.74 Å². The minimum absolute atomic E-state index is 0.641. The smallest absolute Gasteiger partial charge is 0.0512 e. The van der Waals surface area contributed by atoms with Crippen LogP contribution in [0.5, 0.6) is 0 Å². The molecule has 2 aliphatic rings. The van der Waals surface area contributed by atoms with E-state index in [0.29, 0.717) is 12.0 Å². The van der Waals surface area contributed by atoms with Crippen LogP contribution in [0.3, 0.4) is 0 Å². The van der Waals surface area contributed by atoms with Gasteiger partial charge in [0, 0.05) is 24.6 Å². The molecular weight excluding hydrogens is 222 g/mol. The zero-order chi connectivity index (χ0) is 12.4. The maximum Gasteiger partial charge on any atom is 0.0512 e. The molecule has 1 N–H and O–H groups in total. The van der Waals surface area contributed by atoms with Gasteiger partial charge in [0.15, 0.2) is 0 Å². The zero-order valence-corrected chi connectivity index (χ0v) is 11.2. The van der Waals surface area contributed by atoms with E-state index in [-0.39, 0.29) is 0 Å². The van der Waals surface area contributed by atoms with Crippen LogP contribution in [0.1, 0.15) is 30.4 Å². The molecule has 18 heavy (non-hydrogen) atoms. The Morgan fingerprint density at radius 1 is 1.17 bits per heavy atom. The van der Waals surface area contributed by atoms with Gasteiger partial charge in [-0.25, -0.2) is 0 Å². The summed E-state index contributed by atoms with van der Waals surface area (Å²) in [5.41, 5.74) is 2.78. The van der Waals surface area contributed by atoms with E-state index in [4.69, 9.17) is 4.74 Å². The van der Waals surface area contributed by atoms with Gasteiger partial charge >= 0.3 is 0 Å². The topological polar surface area (TPSA) is 21.3 Å². The minimum atomic E-state index is 0.641. The van der Waals surface area contributed by atoms with E-state index in [0.717, 1.165) is 25.7 Å². The van der Waals surface area contributed by atoms with Crippen LogP contribution in [0, 0.1) is 12.8 Å². The summed E-state index contributed by atoms with van der Waals surface area (Å²) in [4.78, 5) is 0. The second-order valence-corrected chi connectivity index (χ2v) is 5.86. The standard InChI is InChI=1S/C16H23NO/c1-12-2-4-13(5-3-12)10-14-11-18-9-8-16(14)17-15-6-7-15/h2-5,14-17H,6-11H2,1H3/t14-,16-/m1/s1. The average molecular weight is 245 g/mol. The fraction of sp³-hybridized carbons (Fsp3) is 0.625. The number of nitrogens with one attached hydrogen (secondary N) is 1. The van der Waals surface area contributed by atoms with Gasteiger partial charge in [-0.05, 0) is 38.2 Å². The van der Waals surface area contributed by atoms with Crippen LogP contribution in [0.4, 0.5) is 0 Å². The molecular formula is C16H23NO. The van der Waals surface area contributed by atoms with Crippen LogP contribution in [0.15, 0.2) is 24.3 Å². The lowest BCUT2D eigenvalue weighted by atomic mass is 9.89. The van der Waals surface area contributed by atoms with Crippen LogP contribution in [0.2, 0.25) is 0 Å². The van der Waals surface area contributed by atoms with Crippen LogP contribution >= 0.6 is 0 Å². The Balaban J connectivity index is 1.62. The summed E-state index contributed by atoms with van der Waals surface area (Å²) in [5.74, 6) is 0.641. The summed E-state index contributed by atoms with van der Waals surface area (Å²) in [5, 5.41) is 3.79. The van der Waals surface area contributed by atoms with Crippen molar-refractivity contribution in [3.05, 3.63) is 35.4 Å².